The van der Waals surface area contributed by atoms with Gasteiger partial charge in [0.25, 0.3) is 0 Å². The van der Waals surface area contributed by atoms with Crippen molar-refractivity contribution in [2.45, 2.75) is 25.0 Å². The lowest BCUT2D eigenvalue weighted by atomic mass is 10.1. The molecule has 1 aromatic rings. The first-order valence-corrected chi connectivity index (χ1v) is 7.10. The van der Waals surface area contributed by atoms with Crippen molar-refractivity contribution in [2.24, 2.45) is 0 Å². The maximum atomic E-state index is 8.27. The summed E-state index contributed by atoms with van der Waals surface area (Å²) < 4.78 is 0.353. The van der Waals surface area contributed by atoms with Crippen LogP contribution >= 0.6 is 11.8 Å². The maximum absolute atomic E-state index is 8.27. The molecule has 1 heterocycles. The Balaban J connectivity index is 2.06. The summed E-state index contributed by atoms with van der Waals surface area (Å²) >= 11 is 2.02. The number of nitrogens with zero attached hydrogens (tertiary/aromatic N) is 1. The Morgan fingerprint density at radius 1 is 1.24 bits per heavy atom. The Morgan fingerprint density at radius 2 is 1.94 bits per heavy atom. The minimum absolute atomic E-state index is 0.353. The molecule has 0 aromatic heterocycles. The van der Waals surface area contributed by atoms with Crippen LogP contribution in [0.5, 0.6) is 0 Å². The van der Waals surface area contributed by atoms with Crippen molar-refractivity contribution in [3.8, 4) is 0 Å². The third-order valence-corrected chi connectivity index (χ3v) is 4.57. The highest BCUT2D eigenvalue weighted by Crippen LogP contribution is 2.30. The van der Waals surface area contributed by atoms with Crippen molar-refractivity contribution in [3.05, 3.63) is 35.9 Å². The topological polar surface area (TPSA) is 27.1 Å². The summed E-state index contributed by atoms with van der Waals surface area (Å²) in [5, 5.41) is 8.27. The average molecular weight is 248 g/mol. The van der Waals surface area contributed by atoms with Gasteiger partial charge in [0, 0.05) is 29.2 Å². The summed E-state index contributed by atoms with van der Waals surface area (Å²) in [4.78, 5) is 2.21. The predicted molar refractivity (Wildman–Crippen MR) is 76.0 cm³/mol. The molecule has 0 amide bonds. The van der Waals surface area contributed by atoms with E-state index in [2.05, 4.69) is 18.7 Å². The van der Waals surface area contributed by atoms with Gasteiger partial charge in [-0.3, -0.25) is 5.41 Å². The van der Waals surface area contributed by atoms with Crippen molar-refractivity contribution < 1.29 is 0 Å². The van der Waals surface area contributed by atoms with E-state index >= 15 is 0 Å². The molecule has 0 atom stereocenters. The van der Waals surface area contributed by atoms with Gasteiger partial charge in [0.05, 0.1) is 0 Å². The smallest absolute Gasteiger partial charge is 0.128 e. The van der Waals surface area contributed by atoms with Crippen molar-refractivity contribution in [1.82, 2.24) is 4.90 Å². The molecule has 0 unspecified atom stereocenters. The van der Waals surface area contributed by atoms with Gasteiger partial charge >= 0.3 is 0 Å². The van der Waals surface area contributed by atoms with Gasteiger partial charge in [0.2, 0.25) is 0 Å². The van der Waals surface area contributed by atoms with Gasteiger partial charge in [-0.25, -0.2) is 0 Å². The Kier molecular flexibility index (Phi) is 3.77. The highest BCUT2D eigenvalue weighted by molar-refractivity contribution is 8.00. The maximum Gasteiger partial charge on any atom is 0.128 e. The van der Waals surface area contributed by atoms with E-state index in [9.17, 15) is 0 Å². The Labute approximate surface area is 108 Å². The second-order valence-corrected chi connectivity index (χ2v) is 6.86. The van der Waals surface area contributed by atoms with Crippen LogP contribution in [0, 0.1) is 5.41 Å². The van der Waals surface area contributed by atoms with Crippen LogP contribution in [0.3, 0.4) is 0 Å². The van der Waals surface area contributed by atoms with E-state index in [1.807, 2.05) is 42.1 Å². The molecule has 17 heavy (non-hydrogen) atoms. The molecule has 2 rings (SSSR count). The average Bonchev–Trinajstić information content (AvgIpc) is 2.50. The lowest BCUT2D eigenvalue weighted by molar-refractivity contribution is 0.421. The Hall–Kier alpha value is -0.960. The monoisotopic (exact) mass is 248 g/mol. The molecule has 1 aromatic carbocycles. The minimum Gasteiger partial charge on any atom is -0.356 e. The third-order valence-electron chi connectivity index (χ3n) is 3.20. The highest BCUT2D eigenvalue weighted by atomic mass is 32.2. The molecule has 92 valence electrons. The molecule has 1 fully saturated rings. The molecule has 1 N–H and O–H groups in total. The molecule has 2 nitrogen and oxygen atoms in total. The SMILES string of the molecule is CC1(C)CCN(C(=N)c2ccccc2)CCS1. The summed E-state index contributed by atoms with van der Waals surface area (Å²) in [5.74, 6) is 1.78. The first kappa shape index (κ1) is 12.5. The molecule has 3 heteroatoms. The third kappa shape index (κ3) is 3.25. The van der Waals surface area contributed by atoms with E-state index in [1.54, 1.807) is 0 Å². The molecule has 0 aliphatic carbocycles. The lowest BCUT2D eigenvalue weighted by Crippen LogP contribution is -2.33. The van der Waals surface area contributed by atoms with E-state index in [0.29, 0.717) is 10.6 Å². The molecule has 0 bridgehead atoms. The molecule has 1 aliphatic rings. The molecule has 0 spiro atoms. The summed E-state index contributed by atoms with van der Waals surface area (Å²) in [6.45, 7) is 6.58. The summed E-state index contributed by atoms with van der Waals surface area (Å²) in [7, 11) is 0. The van der Waals surface area contributed by atoms with Crippen LogP contribution in [0.15, 0.2) is 30.3 Å². The van der Waals surface area contributed by atoms with E-state index in [1.165, 1.54) is 0 Å². The van der Waals surface area contributed by atoms with Gasteiger partial charge in [0.15, 0.2) is 0 Å². The van der Waals surface area contributed by atoms with Crippen molar-refractivity contribution >= 4 is 17.6 Å². The van der Waals surface area contributed by atoms with Crippen LogP contribution in [0.1, 0.15) is 25.8 Å². The highest BCUT2D eigenvalue weighted by Gasteiger charge is 2.24. The number of rotatable bonds is 1. The minimum atomic E-state index is 0.353. The van der Waals surface area contributed by atoms with E-state index in [-0.39, 0.29) is 0 Å². The molecular formula is C14H20N2S. The second kappa shape index (κ2) is 5.13. The van der Waals surface area contributed by atoms with Gasteiger partial charge in [-0.05, 0) is 6.42 Å². The second-order valence-electron chi connectivity index (χ2n) is 5.06. The number of hydrogen-bond acceptors (Lipinski definition) is 2. The Bertz CT molecular complexity index is 386. The Morgan fingerprint density at radius 3 is 2.65 bits per heavy atom. The fourth-order valence-corrected chi connectivity index (χ4v) is 3.12. The molecule has 0 radical (unpaired) electrons. The van der Waals surface area contributed by atoms with Crippen molar-refractivity contribution in [1.29, 1.82) is 5.41 Å². The fourth-order valence-electron chi connectivity index (χ4n) is 2.02. The standard InChI is InChI=1S/C14H20N2S/c1-14(2)8-9-16(10-11-17-14)13(15)12-6-4-3-5-7-12/h3-7,15H,8-11H2,1-2H3. The number of hydrogen-bond donors (Lipinski definition) is 1. The van der Waals surface area contributed by atoms with E-state index in [0.717, 1.165) is 30.8 Å². The fraction of sp³-hybridized carbons (Fsp3) is 0.500. The van der Waals surface area contributed by atoms with Gasteiger partial charge in [-0.1, -0.05) is 44.2 Å². The zero-order valence-electron chi connectivity index (χ0n) is 10.6. The van der Waals surface area contributed by atoms with Crippen LogP contribution < -0.4 is 0 Å². The molecule has 1 saturated heterocycles. The predicted octanol–water partition coefficient (Wildman–Crippen LogP) is 3.23. The van der Waals surface area contributed by atoms with Gasteiger partial charge in [-0.2, -0.15) is 11.8 Å². The summed E-state index contributed by atoms with van der Waals surface area (Å²) in [5.41, 5.74) is 1.03. The quantitative estimate of drug-likeness (QED) is 0.610. The largest absolute Gasteiger partial charge is 0.356 e. The van der Waals surface area contributed by atoms with E-state index < -0.39 is 0 Å². The van der Waals surface area contributed by atoms with Crippen LogP contribution in [0.2, 0.25) is 0 Å². The normalized spacial score (nSPS) is 19.8. The molecule has 0 saturated carbocycles. The molecular weight excluding hydrogens is 228 g/mol. The summed E-state index contributed by atoms with van der Waals surface area (Å²) in [6, 6.07) is 10.0. The molecule has 1 aliphatic heterocycles. The van der Waals surface area contributed by atoms with E-state index in [4.69, 9.17) is 5.41 Å². The van der Waals surface area contributed by atoms with Crippen molar-refractivity contribution in [2.75, 3.05) is 18.8 Å². The number of amidine groups is 1. The summed E-state index contributed by atoms with van der Waals surface area (Å²) in [6.07, 6.45) is 1.15. The van der Waals surface area contributed by atoms with Gasteiger partial charge in [-0.15, -0.1) is 0 Å². The van der Waals surface area contributed by atoms with Gasteiger partial charge < -0.3 is 4.90 Å². The van der Waals surface area contributed by atoms with Crippen molar-refractivity contribution in [3.63, 3.8) is 0 Å². The van der Waals surface area contributed by atoms with Gasteiger partial charge in [0.1, 0.15) is 5.84 Å². The number of nitrogens with one attached hydrogen (secondary N) is 1. The number of thioether (sulfide) groups is 1. The lowest BCUT2D eigenvalue weighted by Gasteiger charge is -2.24. The first-order valence-electron chi connectivity index (χ1n) is 6.11. The number of benzene rings is 1. The van der Waals surface area contributed by atoms with Crippen LogP contribution in [-0.2, 0) is 0 Å². The first-order chi connectivity index (χ1) is 8.08. The van der Waals surface area contributed by atoms with Crippen LogP contribution in [0.4, 0.5) is 0 Å². The zero-order valence-corrected chi connectivity index (χ0v) is 11.4. The zero-order chi connectivity index (χ0) is 12.3. The van der Waals surface area contributed by atoms with Crippen LogP contribution in [0.25, 0.3) is 0 Å². The van der Waals surface area contributed by atoms with Crippen LogP contribution in [-0.4, -0.2) is 34.3 Å².